The van der Waals surface area contributed by atoms with Crippen molar-refractivity contribution in [2.75, 3.05) is 0 Å². The van der Waals surface area contributed by atoms with Gasteiger partial charge in [0.1, 0.15) is 10.5 Å². The Morgan fingerprint density at radius 1 is 1.33 bits per heavy atom. The minimum Gasteiger partial charge on any atom is -0.342 e. The van der Waals surface area contributed by atoms with E-state index >= 15 is 0 Å². The molecule has 2 heterocycles. The Bertz CT molecular complexity index is 611. The number of hydrogen-bond donors (Lipinski definition) is 1. The summed E-state index contributed by atoms with van der Waals surface area (Å²) >= 11 is 10.4. The van der Waals surface area contributed by atoms with Crippen LogP contribution in [0.4, 0.5) is 0 Å². The number of hydrogen-bond acceptors (Lipinski definition) is 3. The number of thiophene rings is 1. The summed E-state index contributed by atoms with van der Waals surface area (Å²) in [6.45, 7) is 0. The molecule has 1 N–H and O–H groups in total. The van der Waals surface area contributed by atoms with E-state index in [2.05, 4.69) is 37.3 Å². The molecule has 0 aliphatic heterocycles. The first-order chi connectivity index (χ1) is 8.72. The summed E-state index contributed by atoms with van der Waals surface area (Å²) in [6.07, 6.45) is 5.19. The van der Waals surface area contributed by atoms with E-state index in [1.54, 1.807) is 11.3 Å². The maximum atomic E-state index is 5.29. The molecule has 0 radical (unpaired) electrons. The van der Waals surface area contributed by atoms with E-state index < -0.39 is 0 Å². The Balaban J connectivity index is 2.02. The van der Waals surface area contributed by atoms with Crippen LogP contribution in [0.15, 0.2) is 22.0 Å². The Morgan fingerprint density at radius 3 is 2.78 bits per heavy atom. The lowest BCUT2D eigenvalue weighted by atomic mass is 10.0. The van der Waals surface area contributed by atoms with Crippen LogP contribution in [-0.2, 0) is 0 Å². The number of aromatic amines is 1. The molecule has 1 fully saturated rings. The molecule has 0 aromatic carbocycles. The Kier molecular flexibility index (Phi) is 3.63. The first kappa shape index (κ1) is 12.5. The van der Waals surface area contributed by atoms with Crippen LogP contribution in [0.2, 0.25) is 0 Å². The maximum absolute atomic E-state index is 5.29. The van der Waals surface area contributed by atoms with Gasteiger partial charge in [0, 0.05) is 15.5 Å². The van der Waals surface area contributed by atoms with Gasteiger partial charge in [-0.3, -0.25) is 0 Å². The fourth-order valence-corrected chi connectivity index (χ4v) is 4.08. The normalized spacial score (nSPS) is 16.3. The molecule has 0 atom stereocenters. The molecular formula is C13H13BrN2S2. The fraction of sp³-hybridized carbons (Fsp3) is 0.385. The molecule has 2 aromatic rings. The zero-order valence-electron chi connectivity index (χ0n) is 9.78. The third-order valence-corrected chi connectivity index (χ3v) is 5.27. The Morgan fingerprint density at radius 2 is 2.11 bits per heavy atom. The summed E-state index contributed by atoms with van der Waals surface area (Å²) in [4.78, 5) is 9.04. The van der Waals surface area contributed by atoms with Crippen LogP contribution >= 0.6 is 39.5 Å². The average molecular weight is 341 g/mol. The molecule has 94 valence electrons. The van der Waals surface area contributed by atoms with Crippen LogP contribution < -0.4 is 0 Å². The van der Waals surface area contributed by atoms with E-state index in [4.69, 9.17) is 12.2 Å². The zero-order chi connectivity index (χ0) is 12.5. The molecule has 2 aromatic heterocycles. The Labute approximate surface area is 124 Å². The van der Waals surface area contributed by atoms with E-state index in [1.165, 1.54) is 31.4 Å². The van der Waals surface area contributed by atoms with Gasteiger partial charge in [-0.25, -0.2) is 4.98 Å². The molecule has 0 spiro atoms. The molecule has 1 aliphatic carbocycles. The van der Waals surface area contributed by atoms with Crippen molar-refractivity contribution in [1.82, 2.24) is 9.97 Å². The number of rotatable bonds is 2. The molecule has 0 bridgehead atoms. The highest BCUT2D eigenvalue weighted by Gasteiger charge is 2.18. The van der Waals surface area contributed by atoms with Crippen molar-refractivity contribution in [1.29, 1.82) is 0 Å². The number of nitrogens with zero attached hydrogens (tertiary/aromatic N) is 1. The molecule has 0 amide bonds. The van der Waals surface area contributed by atoms with E-state index in [0.29, 0.717) is 10.6 Å². The monoisotopic (exact) mass is 340 g/mol. The van der Waals surface area contributed by atoms with E-state index in [9.17, 15) is 0 Å². The van der Waals surface area contributed by atoms with Crippen molar-refractivity contribution in [3.05, 3.63) is 32.3 Å². The van der Waals surface area contributed by atoms with Crippen molar-refractivity contribution >= 4 is 39.5 Å². The van der Waals surface area contributed by atoms with Crippen molar-refractivity contribution in [2.45, 2.75) is 31.6 Å². The second kappa shape index (κ2) is 5.23. The quantitative estimate of drug-likeness (QED) is 0.752. The summed E-state index contributed by atoms with van der Waals surface area (Å²) in [5, 5.41) is 2.07. The Hall–Kier alpha value is -0.520. The van der Waals surface area contributed by atoms with Gasteiger partial charge in [0.2, 0.25) is 0 Å². The lowest BCUT2D eigenvalue weighted by Crippen LogP contribution is -1.99. The van der Waals surface area contributed by atoms with Gasteiger partial charge in [-0.1, -0.05) is 25.1 Å². The van der Waals surface area contributed by atoms with Gasteiger partial charge < -0.3 is 4.98 Å². The third-order valence-electron chi connectivity index (χ3n) is 3.36. The highest BCUT2D eigenvalue weighted by atomic mass is 79.9. The van der Waals surface area contributed by atoms with Crippen LogP contribution in [0.3, 0.4) is 0 Å². The summed E-state index contributed by atoms with van der Waals surface area (Å²) < 4.78 is 1.78. The van der Waals surface area contributed by atoms with Gasteiger partial charge in [-0.15, -0.1) is 11.3 Å². The largest absolute Gasteiger partial charge is 0.342 e. The van der Waals surface area contributed by atoms with E-state index in [0.717, 1.165) is 15.2 Å². The van der Waals surface area contributed by atoms with Crippen LogP contribution in [0.25, 0.3) is 10.7 Å². The van der Waals surface area contributed by atoms with Gasteiger partial charge in [0.05, 0.1) is 4.88 Å². The number of aromatic nitrogens is 2. The minimum absolute atomic E-state index is 0.636. The standard InChI is InChI=1S/C13H13BrN2S2/c14-9-5-11(18-7-9)13-15-10(6-12(17)16-13)8-3-1-2-4-8/h5-8H,1-4H2,(H,15,16,17). The average Bonchev–Trinajstić information content (AvgIpc) is 2.98. The van der Waals surface area contributed by atoms with Crippen LogP contribution in [0.5, 0.6) is 0 Å². The summed E-state index contributed by atoms with van der Waals surface area (Å²) in [6, 6.07) is 4.11. The molecule has 0 unspecified atom stereocenters. The van der Waals surface area contributed by atoms with Crippen LogP contribution in [-0.4, -0.2) is 9.97 Å². The predicted molar refractivity (Wildman–Crippen MR) is 81.6 cm³/mol. The summed E-state index contributed by atoms with van der Waals surface area (Å²) in [5.41, 5.74) is 1.26. The van der Waals surface area contributed by atoms with Gasteiger partial charge in [0.15, 0.2) is 0 Å². The van der Waals surface area contributed by atoms with Gasteiger partial charge in [-0.05, 0) is 46.8 Å². The van der Waals surface area contributed by atoms with Crippen LogP contribution in [0.1, 0.15) is 37.3 Å². The van der Waals surface area contributed by atoms with Crippen LogP contribution in [0, 0.1) is 4.64 Å². The fourth-order valence-electron chi connectivity index (χ4n) is 2.49. The predicted octanol–water partition coefficient (Wildman–Crippen LogP) is 5.29. The van der Waals surface area contributed by atoms with Crippen molar-refractivity contribution in [3.63, 3.8) is 0 Å². The SMILES string of the molecule is S=c1cc(C2CCCC2)[nH]c(-c2cc(Br)cs2)n1. The van der Waals surface area contributed by atoms with Gasteiger partial charge in [-0.2, -0.15) is 0 Å². The third kappa shape index (κ3) is 2.58. The molecule has 1 aliphatic rings. The minimum atomic E-state index is 0.636. The lowest BCUT2D eigenvalue weighted by Gasteiger charge is -2.10. The number of nitrogens with one attached hydrogen (secondary N) is 1. The molecule has 0 saturated heterocycles. The first-order valence-electron chi connectivity index (χ1n) is 6.08. The van der Waals surface area contributed by atoms with E-state index in [-0.39, 0.29) is 0 Å². The summed E-state index contributed by atoms with van der Waals surface area (Å²) in [5.74, 6) is 1.54. The second-order valence-electron chi connectivity index (χ2n) is 4.63. The first-order valence-corrected chi connectivity index (χ1v) is 8.16. The maximum Gasteiger partial charge on any atom is 0.149 e. The zero-order valence-corrected chi connectivity index (χ0v) is 13.0. The topological polar surface area (TPSA) is 28.7 Å². The smallest absolute Gasteiger partial charge is 0.149 e. The molecule has 1 saturated carbocycles. The van der Waals surface area contributed by atoms with Crippen molar-refractivity contribution < 1.29 is 0 Å². The van der Waals surface area contributed by atoms with Crippen molar-refractivity contribution in [3.8, 4) is 10.7 Å². The van der Waals surface area contributed by atoms with Gasteiger partial charge in [0.25, 0.3) is 0 Å². The molecule has 2 nitrogen and oxygen atoms in total. The molecular weight excluding hydrogens is 328 g/mol. The molecule has 18 heavy (non-hydrogen) atoms. The number of H-pyrrole nitrogens is 1. The molecule has 5 heteroatoms. The molecule has 3 rings (SSSR count). The van der Waals surface area contributed by atoms with E-state index in [1.807, 2.05) is 6.07 Å². The summed E-state index contributed by atoms with van der Waals surface area (Å²) in [7, 11) is 0. The van der Waals surface area contributed by atoms with Crippen molar-refractivity contribution in [2.24, 2.45) is 0 Å². The highest BCUT2D eigenvalue weighted by Crippen LogP contribution is 2.34. The van der Waals surface area contributed by atoms with Gasteiger partial charge >= 0.3 is 0 Å². The lowest BCUT2D eigenvalue weighted by molar-refractivity contribution is 0.695. The highest BCUT2D eigenvalue weighted by molar-refractivity contribution is 9.10. The second-order valence-corrected chi connectivity index (χ2v) is 6.88. The number of halogens is 1.